The van der Waals surface area contributed by atoms with Gasteiger partial charge in [-0.1, -0.05) is 70.0 Å². The lowest BCUT2D eigenvalue weighted by Gasteiger charge is -2.08. The second kappa shape index (κ2) is 11.6. The standard InChI is InChI=1S/C30H18BrClF3N3O3/c31-20-11-14-24(41-29(40)18-9-12-21(32)13-10-18)19(15-20)16-36-38-28(39)27-25(17-5-2-1-3-6-17)22-7-4-8-23(26(22)37-27)30(33,34)35/h1-16,37H,(H,38,39). The fourth-order valence-corrected chi connectivity index (χ4v) is 4.71. The fraction of sp³-hybridized carbons (Fsp3) is 0.0333. The van der Waals surface area contributed by atoms with E-state index < -0.39 is 23.6 Å². The van der Waals surface area contributed by atoms with Gasteiger partial charge >= 0.3 is 12.1 Å². The van der Waals surface area contributed by atoms with Crippen molar-refractivity contribution in [1.29, 1.82) is 0 Å². The number of H-pyrrole nitrogens is 1. The highest BCUT2D eigenvalue weighted by Gasteiger charge is 2.34. The number of hydrazone groups is 1. The minimum Gasteiger partial charge on any atom is -0.422 e. The van der Waals surface area contributed by atoms with Gasteiger partial charge in [-0.2, -0.15) is 18.3 Å². The minimum absolute atomic E-state index is 0.0938. The van der Waals surface area contributed by atoms with E-state index in [4.69, 9.17) is 16.3 Å². The van der Waals surface area contributed by atoms with Crippen molar-refractivity contribution in [2.45, 2.75) is 6.18 Å². The number of amides is 1. The maximum Gasteiger partial charge on any atom is 0.418 e. The summed E-state index contributed by atoms with van der Waals surface area (Å²) in [5.41, 5.74) is 2.65. The molecule has 0 aliphatic rings. The van der Waals surface area contributed by atoms with Crippen molar-refractivity contribution in [3.8, 4) is 16.9 Å². The van der Waals surface area contributed by atoms with Gasteiger partial charge in [0.05, 0.1) is 22.9 Å². The third kappa shape index (κ3) is 6.18. The van der Waals surface area contributed by atoms with Crippen LogP contribution in [0.15, 0.2) is 101 Å². The molecule has 41 heavy (non-hydrogen) atoms. The van der Waals surface area contributed by atoms with Gasteiger partial charge in [-0.05, 0) is 54.1 Å². The van der Waals surface area contributed by atoms with Crippen molar-refractivity contribution < 1.29 is 27.5 Å². The number of esters is 1. The Kier molecular flexibility index (Phi) is 7.96. The molecule has 0 spiro atoms. The lowest BCUT2D eigenvalue weighted by molar-refractivity contribution is -0.136. The Morgan fingerprint density at radius 1 is 0.951 bits per heavy atom. The number of hydrogen-bond acceptors (Lipinski definition) is 4. The van der Waals surface area contributed by atoms with Crippen LogP contribution in [0.5, 0.6) is 5.75 Å². The van der Waals surface area contributed by atoms with Crippen molar-refractivity contribution in [2.75, 3.05) is 0 Å². The number of fused-ring (bicyclic) bond motifs is 1. The smallest absolute Gasteiger partial charge is 0.418 e. The molecule has 0 radical (unpaired) electrons. The van der Waals surface area contributed by atoms with E-state index in [-0.39, 0.29) is 27.9 Å². The maximum atomic E-state index is 13.7. The molecule has 2 N–H and O–H groups in total. The van der Waals surface area contributed by atoms with Gasteiger partial charge < -0.3 is 9.72 Å². The van der Waals surface area contributed by atoms with E-state index in [1.165, 1.54) is 30.5 Å². The summed E-state index contributed by atoms with van der Waals surface area (Å²) in [5.74, 6) is -1.23. The number of carbonyl (C=O) groups is 2. The summed E-state index contributed by atoms with van der Waals surface area (Å²) in [4.78, 5) is 28.5. The average molecular weight is 641 g/mol. The number of carbonyl (C=O) groups excluding carboxylic acids is 2. The number of aromatic amines is 1. The molecule has 0 saturated carbocycles. The first-order valence-corrected chi connectivity index (χ1v) is 13.2. The Morgan fingerprint density at radius 3 is 2.39 bits per heavy atom. The zero-order valence-corrected chi connectivity index (χ0v) is 23.1. The van der Waals surface area contributed by atoms with E-state index in [1.54, 1.807) is 60.7 Å². The Hall–Kier alpha value is -4.41. The molecule has 0 unspecified atom stereocenters. The van der Waals surface area contributed by atoms with Gasteiger partial charge in [0, 0.05) is 26.0 Å². The Morgan fingerprint density at radius 2 is 1.68 bits per heavy atom. The molecule has 0 fully saturated rings. The van der Waals surface area contributed by atoms with E-state index >= 15 is 0 Å². The van der Waals surface area contributed by atoms with E-state index in [9.17, 15) is 22.8 Å². The highest BCUT2D eigenvalue weighted by atomic mass is 79.9. The SMILES string of the molecule is O=C(Oc1ccc(Br)cc1C=NNC(=O)c1[nH]c2c(C(F)(F)F)cccc2c1-c1ccccc1)c1ccc(Cl)cc1. The summed E-state index contributed by atoms with van der Waals surface area (Å²) >= 11 is 9.23. The number of hydrogen-bond donors (Lipinski definition) is 2. The van der Waals surface area contributed by atoms with Crippen LogP contribution in [0.2, 0.25) is 5.02 Å². The molecule has 0 bridgehead atoms. The third-order valence-corrected chi connectivity index (χ3v) is 6.80. The first-order valence-electron chi connectivity index (χ1n) is 12.0. The fourth-order valence-electron chi connectivity index (χ4n) is 4.20. The number of halogens is 5. The van der Waals surface area contributed by atoms with Crippen molar-refractivity contribution in [1.82, 2.24) is 10.4 Å². The number of nitrogens with zero attached hydrogens (tertiary/aromatic N) is 1. The maximum absolute atomic E-state index is 13.7. The molecule has 206 valence electrons. The largest absolute Gasteiger partial charge is 0.422 e. The Labute approximate surface area is 244 Å². The molecular weight excluding hydrogens is 623 g/mol. The number of aromatic nitrogens is 1. The molecule has 0 atom stereocenters. The van der Waals surface area contributed by atoms with Crippen molar-refractivity contribution in [2.24, 2.45) is 5.10 Å². The molecule has 11 heteroatoms. The second-order valence-electron chi connectivity index (χ2n) is 8.74. The van der Waals surface area contributed by atoms with Gasteiger partial charge in [0.2, 0.25) is 0 Å². The Balaban J connectivity index is 1.45. The zero-order valence-electron chi connectivity index (χ0n) is 20.8. The monoisotopic (exact) mass is 639 g/mol. The van der Waals surface area contributed by atoms with Gasteiger partial charge in [0.15, 0.2) is 0 Å². The predicted molar refractivity (Wildman–Crippen MR) is 154 cm³/mol. The number of rotatable bonds is 6. The third-order valence-electron chi connectivity index (χ3n) is 6.05. The topological polar surface area (TPSA) is 83.5 Å². The highest BCUT2D eigenvalue weighted by Crippen LogP contribution is 2.39. The summed E-state index contributed by atoms with van der Waals surface area (Å²) in [6, 6.07) is 23.4. The van der Waals surface area contributed by atoms with Crippen LogP contribution in [-0.2, 0) is 6.18 Å². The summed E-state index contributed by atoms with van der Waals surface area (Å²) in [6.45, 7) is 0. The normalized spacial score (nSPS) is 11.6. The molecular formula is C30H18BrClF3N3O3. The molecule has 0 aliphatic carbocycles. The summed E-state index contributed by atoms with van der Waals surface area (Å²) in [5, 5.41) is 4.70. The van der Waals surface area contributed by atoms with Crippen LogP contribution < -0.4 is 10.2 Å². The number of benzene rings is 4. The molecule has 1 aromatic heterocycles. The zero-order chi connectivity index (χ0) is 29.1. The first-order chi connectivity index (χ1) is 19.6. The number of para-hydroxylation sites is 1. The molecule has 0 saturated heterocycles. The van der Waals surface area contributed by atoms with Crippen LogP contribution >= 0.6 is 27.5 Å². The van der Waals surface area contributed by atoms with E-state index in [2.05, 4.69) is 31.4 Å². The van der Waals surface area contributed by atoms with Gasteiger partial charge in [0.1, 0.15) is 11.4 Å². The quantitative estimate of drug-likeness (QED) is 0.0849. The molecule has 5 rings (SSSR count). The number of alkyl halides is 3. The summed E-state index contributed by atoms with van der Waals surface area (Å²) < 4.78 is 47.4. The van der Waals surface area contributed by atoms with Crippen LogP contribution in [0.25, 0.3) is 22.0 Å². The first kappa shape index (κ1) is 28.1. The molecule has 1 heterocycles. The number of ether oxygens (including phenoxy) is 1. The lowest BCUT2D eigenvalue weighted by atomic mass is 10.0. The highest BCUT2D eigenvalue weighted by molar-refractivity contribution is 9.10. The van der Waals surface area contributed by atoms with Crippen LogP contribution in [0.3, 0.4) is 0 Å². The molecule has 1 amide bonds. The van der Waals surface area contributed by atoms with Crippen LogP contribution in [0.1, 0.15) is 32.0 Å². The van der Waals surface area contributed by atoms with Gasteiger partial charge in [-0.25, -0.2) is 10.2 Å². The van der Waals surface area contributed by atoms with Crippen LogP contribution in [0.4, 0.5) is 13.2 Å². The van der Waals surface area contributed by atoms with E-state index in [1.807, 2.05) is 0 Å². The molecule has 6 nitrogen and oxygen atoms in total. The molecule has 5 aromatic rings. The van der Waals surface area contributed by atoms with Crippen LogP contribution in [0, 0.1) is 0 Å². The van der Waals surface area contributed by atoms with E-state index in [0.29, 0.717) is 26.2 Å². The van der Waals surface area contributed by atoms with Gasteiger partial charge in [0.25, 0.3) is 5.91 Å². The summed E-state index contributed by atoms with van der Waals surface area (Å²) in [6.07, 6.45) is -3.37. The average Bonchev–Trinajstić information content (AvgIpc) is 3.34. The summed E-state index contributed by atoms with van der Waals surface area (Å²) in [7, 11) is 0. The van der Waals surface area contributed by atoms with E-state index in [0.717, 1.165) is 6.07 Å². The van der Waals surface area contributed by atoms with Crippen molar-refractivity contribution in [3.05, 3.63) is 123 Å². The molecule has 4 aromatic carbocycles. The predicted octanol–water partition coefficient (Wildman–Crippen LogP) is 8.25. The van der Waals surface area contributed by atoms with Gasteiger partial charge in [-0.15, -0.1) is 0 Å². The van der Waals surface area contributed by atoms with Crippen molar-refractivity contribution in [3.63, 3.8) is 0 Å². The molecule has 0 aliphatic heterocycles. The second-order valence-corrected chi connectivity index (χ2v) is 10.1. The number of nitrogens with one attached hydrogen (secondary N) is 2. The lowest BCUT2D eigenvalue weighted by Crippen LogP contribution is -2.19. The van der Waals surface area contributed by atoms with Crippen molar-refractivity contribution >= 4 is 56.5 Å². The minimum atomic E-state index is -4.63. The van der Waals surface area contributed by atoms with Crippen LogP contribution in [-0.4, -0.2) is 23.1 Å². The van der Waals surface area contributed by atoms with Gasteiger partial charge in [-0.3, -0.25) is 4.79 Å². The Bertz CT molecular complexity index is 1790.